The van der Waals surface area contributed by atoms with Gasteiger partial charge in [-0.1, -0.05) is 19.0 Å². The smallest absolute Gasteiger partial charge is 0.226 e. The van der Waals surface area contributed by atoms with Gasteiger partial charge in [0.15, 0.2) is 5.82 Å². The third-order valence-electron chi connectivity index (χ3n) is 2.40. The molecule has 1 aromatic rings. The van der Waals surface area contributed by atoms with E-state index in [4.69, 9.17) is 9.63 Å². The highest BCUT2D eigenvalue weighted by Crippen LogP contribution is 2.12. The van der Waals surface area contributed by atoms with Crippen molar-refractivity contribution < 1.29 is 9.63 Å². The zero-order valence-electron chi connectivity index (χ0n) is 9.18. The fraction of sp³-hybridized carbons (Fsp3) is 0.800. The molecule has 15 heavy (non-hydrogen) atoms. The average molecular weight is 211 g/mol. The molecule has 1 aliphatic rings. The van der Waals surface area contributed by atoms with Crippen LogP contribution in [0.5, 0.6) is 0 Å². The lowest BCUT2D eigenvalue weighted by molar-refractivity contribution is -0.00461. The molecule has 5 nitrogen and oxygen atoms in total. The molecule has 0 aliphatic carbocycles. The molecule has 0 aromatic carbocycles. The summed E-state index contributed by atoms with van der Waals surface area (Å²) < 4.78 is 5.12. The van der Waals surface area contributed by atoms with Gasteiger partial charge < -0.3 is 9.63 Å². The topological polar surface area (TPSA) is 62.4 Å². The van der Waals surface area contributed by atoms with E-state index in [1.807, 2.05) is 0 Å². The molecule has 1 aliphatic heterocycles. The maximum Gasteiger partial charge on any atom is 0.226 e. The van der Waals surface area contributed by atoms with Crippen LogP contribution in [0.4, 0.5) is 0 Å². The molecule has 1 aromatic heterocycles. The molecular weight excluding hydrogens is 194 g/mol. The maximum absolute atomic E-state index is 9.11. The Bertz CT molecular complexity index is 318. The van der Waals surface area contributed by atoms with E-state index < -0.39 is 0 Å². The quantitative estimate of drug-likeness (QED) is 0.783. The SMILES string of the molecule is CC(C)Cc1nc(CN2CC(O)C2)no1. The Morgan fingerprint density at radius 3 is 2.87 bits per heavy atom. The molecule has 1 saturated heterocycles. The fourth-order valence-electron chi connectivity index (χ4n) is 1.66. The number of rotatable bonds is 4. The van der Waals surface area contributed by atoms with Crippen LogP contribution in [-0.4, -0.2) is 39.3 Å². The highest BCUT2D eigenvalue weighted by molar-refractivity contribution is 4.90. The van der Waals surface area contributed by atoms with Crippen LogP contribution in [0.1, 0.15) is 25.6 Å². The number of hydrogen-bond donors (Lipinski definition) is 1. The zero-order chi connectivity index (χ0) is 10.8. The highest BCUT2D eigenvalue weighted by atomic mass is 16.5. The molecular formula is C10H17N3O2. The fourth-order valence-corrected chi connectivity index (χ4v) is 1.66. The first-order valence-electron chi connectivity index (χ1n) is 5.35. The van der Waals surface area contributed by atoms with Gasteiger partial charge in [0.05, 0.1) is 12.6 Å². The Morgan fingerprint density at radius 1 is 1.53 bits per heavy atom. The first-order valence-corrected chi connectivity index (χ1v) is 5.35. The van der Waals surface area contributed by atoms with Crippen molar-refractivity contribution in [2.75, 3.05) is 13.1 Å². The van der Waals surface area contributed by atoms with Crippen molar-refractivity contribution in [2.24, 2.45) is 5.92 Å². The first-order chi connectivity index (χ1) is 7.13. The Hall–Kier alpha value is -0.940. The summed E-state index contributed by atoms with van der Waals surface area (Å²) in [5, 5.41) is 13.0. The summed E-state index contributed by atoms with van der Waals surface area (Å²) in [5.41, 5.74) is 0. The predicted molar refractivity (Wildman–Crippen MR) is 54.1 cm³/mol. The van der Waals surface area contributed by atoms with Crippen molar-refractivity contribution in [1.82, 2.24) is 15.0 Å². The molecule has 0 unspecified atom stereocenters. The summed E-state index contributed by atoms with van der Waals surface area (Å²) in [4.78, 5) is 6.39. The number of aliphatic hydroxyl groups excluding tert-OH is 1. The van der Waals surface area contributed by atoms with E-state index in [1.54, 1.807) is 0 Å². The summed E-state index contributed by atoms with van der Waals surface area (Å²) in [5.74, 6) is 1.96. The molecule has 0 saturated carbocycles. The van der Waals surface area contributed by atoms with Gasteiger partial charge in [-0.2, -0.15) is 4.98 Å². The minimum absolute atomic E-state index is 0.174. The molecule has 2 heterocycles. The largest absolute Gasteiger partial charge is 0.390 e. The normalized spacial score (nSPS) is 18.4. The third-order valence-corrected chi connectivity index (χ3v) is 2.40. The lowest BCUT2D eigenvalue weighted by Crippen LogP contribution is -2.49. The molecule has 0 atom stereocenters. The van der Waals surface area contributed by atoms with E-state index >= 15 is 0 Å². The summed E-state index contributed by atoms with van der Waals surface area (Å²) in [7, 11) is 0. The van der Waals surface area contributed by atoms with Crippen LogP contribution in [0, 0.1) is 5.92 Å². The van der Waals surface area contributed by atoms with E-state index in [1.165, 1.54) is 0 Å². The van der Waals surface area contributed by atoms with Gasteiger partial charge in [0.25, 0.3) is 0 Å². The molecule has 0 bridgehead atoms. The zero-order valence-corrected chi connectivity index (χ0v) is 9.18. The van der Waals surface area contributed by atoms with E-state index in [-0.39, 0.29) is 6.10 Å². The van der Waals surface area contributed by atoms with Crippen molar-refractivity contribution >= 4 is 0 Å². The number of likely N-dealkylation sites (tertiary alicyclic amines) is 1. The molecule has 0 spiro atoms. The standard InChI is InChI=1S/C10H17N3O2/c1-7(2)3-10-11-9(12-15-10)6-13-4-8(14)5-13/h7-8,14H,3-6H2,1-2H3. The van der Waals surface area contributed by atoms with E-state index in [2.05, 4.69) is 28.9 Å². The summed E-state index contributed by atoms with van der Waals surface area (Å²) >= 11 is 0. The summed E-state index contributed by atoms with van der Waals surface area (Å²) in [6.45, 7) is 6.35. The van der Waals surface area contributed by atoms with Gasteiger partial charge in [-0.15, -0.1) is 0 Å². The number of aromatic nitrogens is 2. The second-order valence-corrected chi connectivity index (χ2v) is 4.55. The average Bonchev–Trinajstić information content (AvgIpc) is 2.48. The lowest BCUT2D eigenvalue weighted by Gasteiger charge is -2.34. The molecule has 1 N–H and O–H groups in total. The Balaban J connectivity index is 1.84. The monoisotopic (exact) mass is 211 g/mol. The number of β-amino-alcohol motifs (C(OH)–C–C–N with tert-alkyl or cyclic N) is 1. The summed E-state index contributed by atoms with van der Waals surface area (Å²) in [6, 6.07) is 0. The number of nitrogens with zero attached hydrogens (tertiary/aromatic N) is 3. The Morgan fingerprint density at radius 2 is 2.27 bits per heavy atom. The third kappa shape index (κ3) is 2.76. The van der Waals surface area contributed by atoms with Gasteiger partial charge in [0.2, 0.25) is 5.89 Å². The number of hydrogen-bond acceptors (Lipinski definition) is 5. The van der Waals surface area contributed by atoms with Crippen LogP contribution in [0.15, 0.2) is 4.52 Å². The Labute approximate surface area is 89.1 Å². The van der Waals surface area contributed by atoms with E-state index in [0.717, 1.165) is 12.2 Å². The van der Waals surface area contributed by atoms with Gasteiger partial charge in [-0.05, 0) is 5.92 Å². The minimum Gasteiger partial charge on any atom is -0.390 e. The summed E-state index contributed by atoms with van der Waals surface area (Å²) in [6.07, 6.45) is 0.655. The highest BCUT2D eigenvalue weighted by Gasteiger charge is 2.25. The van der Waals surface area contributed by atoms with Gasteiger partial charge in [0.1, 0.15) is 0 Å². The second-order valence-electron chi connectivity index (χ2n) is 4.55. The molecule has 84 valence electrons. The van der Waals surface area contributed by atoms with E-state index in [9.17, 15) is 0 Å². The van der Waals surface area contributed by atoms with Crippen molar-refractivity contribution in [3.8, 4) is 0 Å². The van der Waals surface area contributed by atoms with Crippen molar-refractivity contribution in [1.29, 1.82) is 0 Å². The molecule has 0 amide bonds. The van der Waals surface area contributed by atoms with E-state index in [0.29, 0.717) is 31.4 Å². The van der Waals surface area contributed by atoms with Gasteiger partial charge in [-0.3, -0.25) is 4.90 Å². The first kappa shape index (κ1) is 10.6. The minimum atomic E-state index is -0.174. The van der Waals surface area contributed by atoms with Crippen molar-refractivity contribution in [3.05, 3.63) is 11.7 Å². The number of aliphatic hydroxyl groups is 1. The van der Waals surface area contributed by atoms with Crippen LogP contribution in [0.3, 0.4) is 0 Å². The van der Waals surface area contributed by atoms with Gasteiger partial charge in [0, 0.05) is 19.5 Å². The van der Waals surface area contributed by atoms with Crippen LogP contribution in [0.25, 0.3) is 0 Å². The van der Waals surface area contributed by atoms with Crippen molar-refractivity contribution in [3.63, 3.8) is 0 Å². The van der Waals surface area contributed by atoms with Crippen LogP contribution in [0.2, 0.25) is 0 Å². The predicted octanol–water partition coefficient (Wildman–Crippen LogP) is 0.445. The van der Waals surface area contributed by atoms with Crippen LogP contribution in [-0.2, 0) is 13.0 Å². The lowest BCUT2D eigenvalue weighted by atomic mass is 10.1. The van der Waals surface area contributed by atoms with Gasteiger partial charge in [-0.25, -0.2) is 0 Å². The van der Waals surface area contributed by atoms with Crippen LogP contribution >= 0.6 is 0 Å². The molecule has 2 rings (SSSR count). The molecule has 0 radical (unpaired) electrons. The van der Waals surface area contributed by atoms with Crippen molar-refractivity contribution in [2.45, 2.75) is 32.9 Å². The van der Waals surface area contributed by atoms with Gasteiger partial charge >= 0.3 is 0 Å². The Kier molecular flexibility index (Phi) is 3.02. The molecule has 5 heteroatoms. The second kappa shape index (κ2) is 4.28. The molecule has 1 fully saturated rings. The maximum atomic E-state index is 9.11. The van der Waals surface area contributed by atoms with Crippen LogP contribution < -0.4 is 0 Å².